The smallest absolute Gasteiger partial charge is 0.226 e. The second-order valence-electron chi connectivity index (χ2n) is 4.37. The Hall–Kier alpha value is -3.14. The second kappa shape index (κ2) is 5.46. The number of aromatic nitrogens is 4. The third kappa shape index (κ3) is 2.60. The van der Waals surface area contributed by atoms with Crippen molar-refractivity contribution in [1.29, 1.82) is 5.26 Å². The predicted molar refractivity (Wildman–Crippen MR) is 80.3 cm³/mol. The lowest BCUT2D eigenvalue weighted by atomic mass is 10.2. The molecule has 0 aliphatic rings. The molecule has 0 atom stereocenters. The van der Waals surface area contributed by atoms with Crippen LogP contribution in [-0.2, 0) is 0 Å². The third-order valence-corrected chi connectivity index (χ3v) is 2.92. The topological polar surface area (TPSA) is 102 Å². The van der Waals surface area contributed by atoms with Crippen LogP contribution in [0.15, 0.2) is 30.5 Å². The molecule has 3 N–H and O–H groups in total. The summed E-state index contributed by atoms with van der Waals surface area (Å²) in [5.74, 6) is 1.19. The van der Waals surface area contributed by atoms with Crippen molar-refractivity contribution < 1.29 is 0 Å². The van der Waals surface area contributed by atoms with Crippen LogP contribution in [0.4, 0.5) is 17.5 Å². The fourth-order valence-corrected chi connectivity index (χ4v) is 1.93. The number of benzene rings is 1. The Bertz CT molecular complexity index is 798. The summed E-state index contributed by atoms with van der Waals surface area (Å²) in [5, 5.41) is 22.8. The van der Waals surface area contributed by atoms with E-state index >= 15 is 0 Å². The number of rotatable bonds is 4. The molecule has 0 saturated carbocycles. The van der Waals surface area contributed by atoms with Gasteiger partial charge in [0.1, 0.15) is 5.82 Å². The normalized spacial score (nSPS) is 10.3. The second-order valence-corrected chi connectivity index (χ2v) is 4.37. The summed E-state index contributed by atoms with van der Waals surface area (Å²) in [4.78, 5) is 8.77. The minimum Gasteiger partial charge on any atom is -0.354 e. The van der Waals surface area contributed by atoms with Gasteiger partial charge in [-0.05, 0) is 31.2 Å². The molecule has 0 spiro atoms. The molecule has 2 heterocycles. The molecule has 3 aromatic rings. The largest absolute Gasteiger partial charge is 0.354 e. The van der Waals surface area contributed by atoms with Crippen LogP contribution in [0.2, 0.25) is 0 Å². The Morgan fingerprint density at radius 2 is 2.05 bits per heavy atom. The Morgan fingerprint density at radius 3 is 2.76 bits per heavy atom. The van der Waals surface area contributed by atoms with Crippen LogP contribution >= 0.6 is 0 Å². The summed E-state index contributed by atoms with van der Waals surface area (Å²) in [5.41, 5.74) is 2.12. The van der Waals surface area contributed by atoms with Crippen LogP contribution in [0.25, 0.3) is 11.0 Å². The Kier molecular flexibility index (Phi) is 3.35. The molecule has 0 radical (unpaired) electrons. The number of fused-ring (bicyclic) bond motifs is 1. The van der Waals surface area contributed by atoms with Gasteiger partial charge in [-0.15, -0.1) is 0 Å². The van der Waals surface area contributed by atoms with Gasteiger partial charge in [0.25, 0.3) is 0 Å². The van der Waals surface area contributed by atoms with Crippen molar-refractivity contribution in [3.63, 3.8) is 0 Å². The van der Waals surface area contributed by atoms with Crippen molar-refractivity contribution >= 4 is 28.5 Å². The number of nitriles is 1. The van der Waals surface area contributed by atoms with E-state index in [9.17, 15) is 0 Å². The van der Waals surface area contributed by atoms with Crippen molar-refractivity contribution in [2.45, 2.75) is 6.92 Å². The Morgan fingerprint density at radius 1 is 1.24 bits per heavy atom. The van der Waals surface area contributed by atoms with E-state index in [1.165, 1.54) is 0 Å². The maximum Gasteiger partial charge on any atom is 0.226 e. The zero-order valence-electron chi connectivity index (χ0n) is 11.4. The summed E-state index contributed by atoms with van der Waals surface area (Å²) in [6.07, 6.45) is 1.68. The van der Waals surface area contributed by atoms with Crippen molar-refractivity contribution in [3.05, 3.63) is 36.0 Å². The van der Waals surface area contributed by atoms with E-state index < -0.39 is 0 Å². The van der Waals surface area contributed by atoms with Crippen LogP contribution in [0.5, 0.6) is 0 Å². The number of hydrogen-bond donors (Lipinski definition) is 3. The molecule has 0 saturated heterocycles. The fraction of sp³-hybridized carbons (Fsp3) is 0.143. The average molecular weight is 279 g/mol. The fourth-order valence-electron chi connectivity index (χ4n) is 1.93. The zero-order valence-corrected chi connectivity index (χ0v) is 11.4. The first-order chi connectivity index (χ1) is 10.3. The quantitative estimate of drug-likeness (QED) is 0.677. The van der Waals surface area contributed by atoms with E-state index in [1.54, 1.807) is 18.3 Å². The maximum atomic E-state index is 8.82. The van der Waals surface area contributed by atoms with E-state index in [0.29, 0.717) is 23.0 Å². The predicted octanol–water partition coefficient (Wildman–Crippen LogP) is 2.40. The van der Waals surface area contributed by atoms with Crippen molar-refractivity contribution in [3.8, 4) is 6.07 Å². The van der Waals surface area contributed by atoms with E-state index in [1.807, 2.05) is 19.1 Å². The molecule has 3 rings (SSSR count). The van der Waals surface area contributed by atoms with Gasteiger partial charge in [0, 0.05) is 12.2 Å². The van der Waals surface area contributed by atoms with Gasteiger partial charge in [-0.25, -0.2) is 0 Å². The standard InChI is InChI=1S/C14H13N7/c1-2-16-14-19-12(11-8-17-21-13(11)20-14)18-10-5-3-9(7-15)4-6-10/h3-6,8H,2H2,1H3,(H3,16,17,18,19,20,21). The molecule has 0 aliphatic heterocycles. The number of hydrogen-bond acceptors (Lipinski definition) is 6. The highest BCUT2D eigenvalue weighted by atomic mass is 15.2. The Balaban J connectivity index is 1.98. The molecule has 7 nitrogen and oxygen atoms in total. The first kappa shape index (κ1) is 12.9. The highest BCUT2D eigenvalue weighted by Crippen LogP contribution is 2.23. The minimum absolute atomic E-state index is 0.533. The van der Waals surface area contributed by atoms with Crippen LogP contribution in [0.1, 0.15) is 12.5 Å². The summed E-state index contributed by atoms with van der Waals surface area (Å²) in [6.45, 7) is 2.71. The molecule has 7 heteroatoms. The van der Waals surface area contributed by atoms with Crippen LogP contribution < -0.4 is 10.6 Å². The summed E-state index contributed by atoms with van der Waals surface area (Å²) in [6, 6.07) is 9.26. The number of anilines is 3. The lowest BCUT2D eigenvalue weighted by Gasteiger charge is -2.09. The van der Waals surface area contributed by atoms with Gasteiger partial charge in [0.05, 0.1) is 23.2 Å². The van der Waals surface area contributed by atoms with Crippen LogP contribution in [0, 0.1) is 11.3 Å². The van der Waals surface area contributed by atoms with Crippen molar-refractivity contribution in [1.82, 2.24) is 20.2 Å². The Labute approximate surface area is 121 Å². The molecule has 1 aromatic carbocycles. The van der Waals surface area contributed by atoms with Crippen LogP contribution in [-0.4, -0.2) is 26.7 Å². The monoisotopic (exact) mass is 279 g/mol. The highest BCUT2D eigenvalue weighted by molar-refractivity contribution is 5.89. The van der Waals surface area contributed by atoms with E-state index in [4.69, 9.17) is 5.26 Å². The van der Waals surface area contributed by atoms with Gasteiger partial charge in [0.15, 0.2) is 5.65 Å². The first-order valence-electron chi connectivity index (χ1n) is 6.52. The highest BCUT2D eigenvalue weighted by Gasteiger charge is 2.09. The maximum absolute atomic E-state index is 8.82. The molecule has 0 unspecified atom stereocenters. The van der Waals surface area contributed by atoms with Gasteiger partial charge in [-0.3, -0.25) is 5.10 Å². The molecular weight excluding hydrogens is 266 g/mol. The summed E-state index contributed by atoms with van der Waals surface area (Å²) in [7, 11) is 0. The molecule has 0 fully saturated rings. The third-order valence-electron chi connectivity index (χ3n) is 2.92. The van der Waals surface area contributed by atoms with Gasteiger partial charge in [0.2, 0.25) is 5.95 Å². The average Bonchev–Trinajstić information content (AvgIpc) is 2.97. The number of H-pyrrole nitrogens is 1. The number of nitrogens with zero attached hydrogens (tertiary/aromatic N) is 4. The van der Waals surface area contributed by atoms with Crippen molar-refractivity contribution in [2.75, 3.05) is 17.2 Å². The van der Waals surface area contributed by atoms with E-state index in [2.05, 4.69) is 36.9 Å². The first-order valence-corrected chi connectivity index (χ1v) is 6.52. The SMILES string of the molecule is CCNc1nc(Nc2ccc(C#N)cc2)c2cn[nH]c2n1. The van der Waals surface area contributed by atoms with E-state index in [0.717, 1.165) is 17.6 Å². The van der Waals surface area contributed by atoms with Gasteiger partial charge in [-0.1, -0.05) is 0 Å². The minimum atomic E-state index is 0.533. The van der Waals surface area contributed by atoms with E-state index in [-0.39, 0.29) is 0 Å². The van der Waals surface area contributed by atoms with Crippen molar-refractivity contribution in [2.24, 2.45) is 0 Å². The molecule has 0 bridgehead atoms. The summed E-state index contributed by atoms with van der Waals surface area (Å²) < 4.78 is 0. The molecule has 2 aromatic heterocycles. The molecular formula is C14H13N7. The lowest BCUT2D eigenvalue weighted by Crippen LogP contribution is -2.04. The van der Waals surface area contributed by atoms with Gasteiger partial charge >= 0.3 is 0 Å². The number of nitrogens with one attached hydrogen (secondary N) is 3. The molecule has 0 aliphatic carbocycles. The lowest BCUT2D eigenvalue weighted by molar-refractivity contribution is 1.07. The zero-order chi connectivity index (χ0) is 14.7. The van der Waals surface area contributed by atoms with Crippen LogP contribution in [0.3, 0.4) is 0 Å². The molecule has 21 heavy (non-hydrogen) atoms. The molecule has 104 valence electrons. The van der Waals surface area contributed by atoms with Gasteiger partial charge < -0.3 is 10.6 Å². The number of aromatic amines is 1. The van der Waals surface area contributed by atoms with Gasteiger partial charge in [-0.2, -0.15) is 20.3 Å². The molecule has 0 amide bonds. The summed E-state index contributed by atoms with van der Waals surface area (Å²) >= 11 is 0.